The zero-order valence-electron chi connectivity index (χ0n) is 18.3. The van der Waals surface area contributed by atoms with Crippen LogP contribution in [0.2, 0.25) is 0 Å². The van der Waals surface area contributed by atoms with Crippen molar-refractivity contribution < 1.29 is 17.9 Å². The van der Waals surface area contributed by atoms with Crippen LogP contribution in [0.25, 0.3) is 0 Å². The van der Waals surface area contributed by atoms with Gasteiger partial charge in [-0.15, -0.1) is 0 Å². The molecular weight excluding hydrogens is 424 g/mol. The predicted octanol–water partition coefficient (Wildman–Crippen LogP) is 4.44. The van der Waals surface area contributed by atoms with E-state index in [-0.39, 0.29) is 6.10 Å². The van der Waals surface area contributed by atoms with Gasteiger partial charge in [-0.05, 0) is 49.2 Å². The average molecular weight is 453 g/mol. The van der Waals surface area contributed by atoms with Gasteiger partial charge in [0.15, 0.2) is 0 Å². The highest BCUT2D eigenvalue weighted by Gasteiger charge is 2.22. The van der Waals surface area contributed by atoms with Crippen LogP contribution in [0.1, 0.15) is 25.0 Å². The van der Waals surface area contributed by atoms with E-state index in [1.165, 1.54) is 0 Å². The molecule has 3 aromatic rings. The number of rotatable bonds is 10. The second-order valence-electron chi connectivity index (χ2n) is 7.77. The third-order valence-corrected chi connectivity index (χ3v) is 5.77. The summed E-state index contributed by atoms with van der Waals surface area (Å²) in [7, 11) is -3.88. The Labute approximate surface area is 189 Å². The van der Waals surface area contributed by atoms with Crippen molar-refractivity contribution in [3.8, 4) is 5.75 Å². The van der Waals surface area contributed by atoms with Gasteiger partial charge in [-0.3, -0.25) is 9.52 Å². The van der Waals surface area contributed by atoms with Crippen LogP contribution in [0.15, 0.2) is 84.9 Å². The molecule has 0 fully saturated rings. The van der Waals surface area contributed by atoms with E-state index in [0.717, 1.165) is 11.1 Å². The molecule has 0 atom stereocenters. The summed E-state index contributed by atoms with van der Waals surface area (Å²) in [5.74, 6) is -0.461. The number of carbonyl (C=O) groups is 1. The number of ether oxygens (including phenoxy) is 1. The van der Waals surface area contributed by atoms with Crippen molar-refractivity contribution in [3.63, 3.8) is 0 Å². The molecule has 3 aromatic carbocycles. The molecule has 6 nitrogen and oxygen atoms in total. The van der Waals surface area contributed by atoms with E-state index in [1.807, 2.05) is 74.5 Å². The lowest BCUT2D eigenvalue weighted by molar-refractivity contribution is -0.129. The second kappa shape index (κ2) is 10.8. The number of nitrogens with zero attached hydrogens (tertiary/aromatic N) is 1. The van der Waals surface area contributed by atoms with Crippen LogP contribution in [-0.2, 0) is 27.9 Å². The Kier molecular flexibility index (Phi) is 7.89. The minimum absolute atomic E-state index is 0.0235. The molecular formula is C25H28N2O4S. The van der Waals surface area contributed by atoms with E-state index < -0.39 is 21.7 Å². The molecule has 0 saturated heterocycles. The molecule has 168 valence electrons. The Hall–Kier alpha value is -3.32. The van der Waals surface area contributed by atoms with Gasteiger partial charge in [0.25, 0.3) is 0 Å². The molecule has 0 aliphatic heterocycles. The number of amides is 1. The quantitative estimate of drug-likeness (QED) is 0.493. The topological polar surface area (TPSA) is 75.7 Å². The zero-order chi connectivity index (χ0) is 23.0. The van der Waals surface area contributed by atoms with Gasteiger partial charge >= 0.3 is 0 Å². The highest BCUT2D eigenvalue weighted by Crippen LogP contribution is 2.18. The Morgan fingerprint density at radius 2 is 1.34 bits per heavy atom. The molecule has 0 aliphatic rings. The lowest BCUT2D eigenvalue weighted by Gasteiger charge is -2.23. The molecule has 0 saturated carbocycles. The first kappa shape index (κ1) is 23.3. The number of anilines is 1. The summed E-state index contributed by atoms with van der Waals surface area (Å²) in [4.78, 5) is 14.6. The highest BCUT2D eigenvalue weighted by atomic mass is 32.2. The van der Waals surface area contributed by atoms with Crippen molar-refractivity contribution in [1.82, 2.24) is 4.90 Å². The fourth-order valence-corrected chi connectivity index (χ4v) is 4.26. The number of nitrogens with one attached hydrogen (secondary N) is 1. The number of hydrogen-bond acceptors (Lipinski definition) is 4. The van der Waals surface area contributed by atoms with Crippen LogP contribution in [-0.4, -0.2) is 31.1 Å². The molecule has 0 spiro atoms. The maximum atomic E-state index is 13.0. The lowest BCUT2D eigenvalue weighted by atomic mass is 10.1. The number of benzene rings is 3. The maximum absolute atomic E-state index is 13.0. The number of hydrogen-bond donors (Lipinski definition) is 1. The van der Waals surface area contributed by atoms with E-state index in [9.17, 15) is 13.2 Å². The first-order chi connectivity index (χ1) is 15.3. The molecule has 3 rings (SSSR count). The Balaban J connectivity index is 1.70. The van der Waals surface area contributed by atoms with Gasteiger partial charge in [-0.1, -0.05) is 60.7 Å². The highest BCUT2D eigenvalue weighted by molar-refractivity contribution is 7.93. The molecule has 0 aromatic heterocycles. The molecule has 32 heavy (non-hydrogen) atoms. The van der Waals surface area contributed by atoms with Crippen molar-refractivity contribution in [2.75, 3.05) is 10.5 Å². The fourth-order valence-electron chi connectivity index (χ4n) is 3.18. The van der Waals surface area contributed by atoms with Crippen molar-refractivity contribution in [3.05, 3.63) is 96.1 Å². The molecule has 0 heterocycles. The van der Waals surface area contributed by atoms with Crippen LogP contribution >= 0.6 is 0 Å². The fraction of sp³-hybridized carbons (Fsp3) is 0.240. The molecule has 0 unspecified atom stereocenters. The summed E-state index contributed by atoms with van der Waals surface area (Å²) in [5.41, 5.74) is 2.25. The van der Waals surface area contributed by atoms with Gasteiger partial charge in [-0.25, -0.2) is 8.42 Å². The maximum Gasteiger partial charge on any atom is 0.241 e. The smallest absolute Gasteiger partial charge is 0.241 e. The zero-order valence-corrected chi connectivity index (χ0v) is 19.1. The second-order valence-corrected chi connectivity index (χ2v) is 9.50. The van der Waals surface area contributed by atoms with E-state index in [2.05, 4.69) is 4.72 Å². The largest absolute Gasteiger partial charge is 0.491 e. The van der Waals surface area contributed by atoms with E-state index in [0.29, 0.717) is 24.5 Å². The van der Waals surface area contributed by atoms with Gasteiger partial charge in [-0.2, -0.15) is 0 Å². The van der Waals surface area contributed by atoms with Gasteiger partial charge in [0, 0.05) is 18.8 Å². The van der Waals surface area contributed by atoms with Crippen LogP contribution in [0.4, 0.5) is 5.69 Å². The predicted molar refractivity (Wildman–Crippen MR) is 127 cm³/mol. The Morgan fingerprint density at radius 1 is 0.844 bits per heavy atom. The lowest BCUT2D eigenvalue weighted by Crippen LogP contribution is -2.36. The van der Waals surface area contributed by atoms with E-state index in [1.54, 1.807) is 29.2 Å². The normalized spacial score (nSPS) is 11.2. The first-order valence-electron chi connectivity index (χ1n) is 10.4. The Bertz CT molecular complexity index is 1060. The Morgan fingerprint density at radius 3 is 1.81 bits per heavy atom. The van der Waals surface area contributed by atoms with Crippen LogP contribution < -0.4 is 9.46 Å². The van der Waals surface area contributed by atoms with Crippen molar-refractivity contribution in [1.29, 1.82) is 0 Å². The van der Waals surface area contributed by atoms with Gasteiger partial charge < -0.3 is 9.64 Å². The first-order valence-corrected chi connectivity index (χ1v) is 12.1. The van der Waals surface area contributed by atoms with Crippen molar-refractivity contribution in [2.24, 2.45) is 0 Å². The molecule has 0 bridgehead atoms. The van der Waals surface area contributed by atoms with Crippen LogP contribution in [0.3, 0.4) is 0 Å². The average Bonchev–Trinajstić information content (AvgIpc) is 2.75. The monoisotopic (exact) mass is 452 g/mol. The summed E-state index contributed by atoms with van der Waals surface area (Å²) in [6.07, 6.45) is 0.0235. The number of sulfonamides is 1. The van der Waals surface area contributed by atoms with Gasteiger partial charge in [0.05, 0.1) is 6.10 Å². The summed E-state index contributed by atoms with van der Waals surface area (Å²) in [6.45, 7) is 4.48. The third-order valence-electron chi connectivity index (χ3n) is 4.60. The SMILES string of the molecule is CC(C)Oc1ccc(NS(=O)(=O)CC(=O)N(Cc2ccccc2)Cc2ccccc2)cc1. The standard InChI is InChI=1S/C25H28N2O4S/c1-20(2)31-24-15-13-23(14-16-24)26-32(29,30)19-25(28)27(17-21-9-5-3-6-10-21)18-22-11-7-4-8-12-22/h3-16,20,26H,17-19H2,1-2H3. The number of carbonyl (C=O) groups excluding carboxylic acids is 1. The van der Waals surface area contributed by atoms with Gasteiger partial charge in [0.2, 0.25) is 15.9 Å². The summed E-state index contributed by atoms with van der Waals surface area (Å²) in [5, 5.41) is 0. The molecule has 0 aliphatic carbocycles. The van der Waals surface area contributed by atoms with E-state index >= 15 is 0 Å². The molecule has 7 heteroatoms. The van der Waals surface area contributed by atoms with Crippen molar-refractivity contribution in [2.45, 2.75) is 33.0 Å². The molecule has 1 N–H and O–H groups in total. The van der Waals surface area contributed by atoms with E-state index in [4.69, 9.17) is 4.74 Å². The van der Waals surface area contributed by atoms with Gasteiger partial charge in [0.1, 0.15) is 11.5 Å². The molecule has 1 amide bonds. The van der Waals surface area contributed by atoms with Crippen LogP contribution in [0, 0.1) is 0 Å². The molecule has 0 radical (unpaired) electrons. The summed E-state index contributed by atoms with van der Waals surface area (Å²) < 4.78 is 33.4. The minimum atomic E-state index is -3.88. The minimum Gasteiger partial charge on any atom is -0.491 e. The van der Waals surface area contributed by atoms with Crippen molar-refractivity contribution >= 4 is 21.6 Å². The summed E-state index contributed by atoms with van der Waals surface area (Å²) >= 11 is 0. The van der Waals surface area contributed by atoms with Crippen LogP contribution in [0.5, 0.6) is 5.75 Å². The summed E-state index contributed by atoms with van der Waals surface area (Å²) in [6, 6.07) is 25.7. The third kappa shape index (κ3) is 7.42.